The van der Waals surface area contributed by atoms with E-state index < -0.39 is 12.3 Å². The van der Waals surface area contributed by atoms with Gasteiger partial charge in [-0.15, -0.1) is 11.6 Å². The quantitative estimate of drug-likeness (QED) is 0.312. The minimum absolute atomic E-state index is 0.126. The summed E-state index contributed by atoms with van der Waals surface area (Å²) in [6.07, 6.45) is 0.675. The zero-order chi connectivity index (χ0) is 10.3. The molecule has 0 aliphatic carbocycles. The van der Waals surface area contributed by atoms with E-state index in [0.717, 1.165) is 6.26 Å². The zero-order valence-electron chi connectivity index (χ0n) is 7.62. The second-order valence-electron chi connectivity index (χ2n) is 2.37. The largest absolute Gasteiger partial charge is 0.478 e. The number of carboxylic acid groups (broad SMARTS) is 1. The molecule has 76 valence electrons. The molecule has 0 aromatic carbocycles. The standard InChI is InChI=1S/C8H13ClO4/c1-6(8(10)11)5-13-7(2)12-4-3-9/h5,7H,3-4H2,1-2H3,(H,10,11). The Morgan fingerprint density at radius 2 is 2.31 bits per heavy atom. The van der Waals surface area contributed by atoms with Crippen molar-refractivity contribution in [3.63, 3.8) is 0 Å². The molecule has 5 heteroatoms. The summed E-state index contributed by atoms with van der Waals surface area (Å²) in [6.45, 7) is 3.48. The van der Waals surface area contributed by atoms with Crippen LogP contribution in [-0.4, -0.2) is 29.9 Å². The van der Waals surface area contributed by atoms with E-state index in [1.807, 2.05) is 0 Å². The molecule has 0 fully saturated rings. The maximum atomic E-state index is 10.3. The summed E-state index contributed by atoms with van der Waals surface area (Å²) in [5.74, 6) is -0.625. The molecule has 0 aromatic heterocycles. The number of hydrogen-bond donors (Lipinski definition) is 1. The van der Waals surface area contributed by atoms with E-state index in [9.17, 15) is 4.79 Å². The van der Waals surface area contributed by atoms with Gasteiger partial charge in [0.1, 0.15) is 0 Å². The van der Waals surface area contributed by atoms with Crippen LogP contribution in [-0.2, 0) is 14.3 Å². The minimum atomic E-state index is -1.01. The third-order valence-corrected chi connectivity index (χ3v) is 1.36. The van der Waals surface area contributed by atoms with Crippen LogP contribution in [0, 0.1) is 0 Å². The van der Waals surface area contributed by atoms with Crippen molar-refractivity contribution in [2.75, 3.05) is 12.5 Å². The van der Waals surface area contributed by atoms with Gasteiger partial charge < -0.3 is 14.6 Å². The van der Waals surface area contributed by atoms with E-state index in [1.54, 1.807) is 6.92 Å². The number of hydrogen-bond acceptors (Lipinski definition) is 3. The molecule has 0 aliphatic heterocycles. The van der Waals surface area contributed by atoms with E-state index in [1.165, 1.54) is 6.92 Å². The van der Waals surface area contributed by atoms with Gasteiger partial charge in [-0.2, -0.15) is 0 Å². The Hall–Kier alpha value is -0.740. The molecule has 1 atom stereocenters. The van der Waals surface area contributed by atoms with Crippen LogP contribution >= 0.6 is 11.6 Å². The molecule has 0 amide bonds. The third kappa shape index (κ3) is 6.42. The first-order valence-electron chi connectivity index (χ1n) is 3.81. The van der Waals surface area contributed by atoms with Crippen molar-refractivity contribution in [1.29, 1.82) is 0 Å². The number of ether oxygens (including phenoxy) is 2. The van der Waals surface area contributed by atoms with Gasteiger partial charge in [0.15, 0.2) is 6.29 Å². The first kappa shape index (κ1) is 12.3. The normalized spacial score (nSPS) is 13.9. The fourth-order valence-electron chi connectivity index (χ4n) is 0.498. The van der Waals surface area contributed by atoms with Gasteiger partial charge in [0.25, 0.3) is 0 Å². The van der Waals surface area contributed by atoms with Gasteiger partial charge in [-0.05, 0) is 13.8 Å². The van der Waals surface area contributed by atoms with Crippen molar-refractivity contribution in [2.24, 2.45) is 0 Å². The molecule has 0 rings (SSSR count). The Bertz CT molecular complexity index is 191. The number of halogens is 1. The molecule has 1 N–H and O–H groups in total. The Kier molecular flexibility index (Phi) is 6.36. The molecular formula is C8H13ClO4. The van der Waals surface area contributed by atoms with Crippen molar-refractivity contribution in [3.8, 4) is 0 Å². The topological polar surface area (TPSA) is 55.8 Å². The van der Waals surface area contributed by atoms with Crippen molar-refractivity contribution in [3.05, 3.63) is 11.8 Å². The van der Waals surface area contributed by atoms with Crippen molar-refractivity contribution in [2.45, 2.75) is 20.1 Å². The molecule has 0 aliphatic rings. The predicted octanol–water partition coefficient (Wildman–Crippen LogP) is 1.59. The molecule has 0 bridgehead atoms. The molecule has 0 saturated carbocycles. The lowest BCUT2D eigenvalue weighted by atomic mass is 10.3. The fraction of sp³-hybridized carbons (Fsp3) is 0.625. The molecule has 4 nitrogen and oxygen atoms in total. The van der Waals surface area contributed by atoms with Gasteiger partial charge in [0, 0.05) is 5.88 Å². The summed E-state index contributed by atoms with van der Waals surface area (Å²) < 4.78 is 9.97. The molecule has 0 heterocycles. The predicted molar refractivity (Wildman–Crippen MR) is 48.6 cm³/mol. The molecule has 1 unspecified atom stereocenters. The Labute approximate surface area is 82.1 Å². The van der Waals surface area contributed by atoms with Gasteiger partial charge in [-0.3, -0.25) is 0 Å². The monoisotopic (exact) mass is 208 g/mol. The van der Waals surface area contributed by atoms with E-state index in [4.69, 9.17) is 26.2 Å². The lowest BCUT2D eigenvalue weighted by Gasteiger charge is -2.11. The number of aliphatic carboxylic acids is 1. The Balaban J connectivity index is 3.73. The van der Waals surface area contributed by atoms with Crippen LogP contribution in [0.25, 0.3) is 0 Å². The van der Waals surface area contributed by atoms with Crippen LogP contribution < -0.4 is 0 Å². The number of carbonyl (C=O) groups is 1. The van der Waals surface area contributed by atoms with Gasteiger partial charge in [-0.1, -0.05) is 0 Å². The SMILES string of the molecule is CC(=COC(C)OCCCl)C(=O)O. The first-order valence-corrected chi connectivity index (χ1v) is 4.34. The van der Waals surface area contributed by atoms with E-state index in [0.29, 0.717) is 12.5 Å². The maximum Gasteiger partial charge on any atom is 0.334 e. The van der Waals surface area contributed by atoms with Gasteiger partial charge >= 0.3 is 5.97 Å². The molecule has 0 radical (unpaired) electrons. The number of carboxylic acids is 1. The average Bonchev–Trinajstić information content (AvgIpc) is 2.10. The van der Waals surface area contributed by atoms with Crippen LogP contribution in [0.3, 0.4) is 0 Å². The summed E-state index contributed by atoms with van der Waals surface area (Å²) in [7, 11) is 0. The van der Waals surface area contributed by atoms with Crippen LogP contribution in [0.1, 0.15) is 13.8 Å². The summed E-state index contributed by atoms with van der Waals surface area (Å²) in [4.78, 5) is 10.3. The van der Waals surface area contributed by atoms with E-state index >= 15 is 0 Å². The molecule has 0 aromatic rings. The zero-order valence-corrected chi connectivity index (χ0v) is 8.37. The lowest BCUT2D eigenvalue weighted by molar-refractivity contribution is -0.133. The second kappa shape index (κ2) is 6.74. The highest BCUT2D eigenvalue weighted by Gasteiger charge is 2.02. The molecule has 0 saturated heterocycles. The van der Waals surface area contributed by atoms with Crippen molar-refractivity contribution >= 4 is 17.6 Å². The van der Waals surface area contributed by atoms with Gasteiger partial charge in [-0.25, -0.2) is 4.79 Å². The van der Waals surface area contributed by atoms with Gasteiger partial charge in [0.2, 0.25) is 0 Å². The van der Waals surface area contributed by atoms with Crippen LogP contribution in [0.4, 0.5) is 0 Å². The highest BCUT2D eigenvalue weighted by atomic mass is 35.5. The average molecular weight is 209 g/mol. The first-order chi connectivity index (χ1) is 6.07. The second-order valence-corrected chi connectivity index (χ2v) is 2.75. The summed E-state index contributed by atoms with van der Waals surface area (Å²) in [6, 6.07) is 0. The van der Waals surface area contributed by atoms with Crippen LogP contribution in [0.5, 0.6) is 0 Å². The number of alkyl halides is 1. The minimum Gasteiger partial charge on any atom is -0.478 e. The Morgan fingerprint density at radius 1 is 1.69 bits per heavy atom. The molecule has 13 heavy (non-hydrogen) atoms. The highest BCUT2D eigenvalue weighted by Crippen LogP contribution is 1.99. The maximum absolute atomic E-state index is 10.3. The summed E-state index contributed by atoms with van der Waals surface area (Å²) in [5, 5.41) is 8.46. The Morgan fingerprint density at radius 3 is 2.77 bits per heavy atom. The van der Waals surface area contributed by atoms with E-state index in [2.05, 4.69) is 0 Å². The fourth-order valence-corrected chi connectivity index (χ4v) is 0.587. The van der Waals surface area contributed by atoms with Gasteiger partial charge in [0.05, 0.1) is 18.4 Å². The lowest BCUT2D eigenvalue weighted by Crippen LogP contribution is -2.12. The van der Waals surface area contributed by atoms with Crippen molar-refractivity contribution in [1.82, 2.24) is 0 Å². The molecular weight excluding hydrogens is 196 g/mol. The van der Waals surface area contributed by atoms with E-state index in [-0.39, 0.29) is 5.57 Å². The summed E-state index contributed by atoms with van der Waals surface area (Å²) in [5.41, 5.74) is 0.126. The summed E-state index contributed by atoms with van der Waals surface area (Å²) >= 11 is 5.37. The third-order valence-electron chi connectivity index (χ3n) is 1.20. The highest BCUT2D eigenvalue weighted by molar-refractivity contribution is 6.17. The smallest absolute Gasteiger partial charge is 0.334 e. The molecule has 0 spiro atoms. The van der Waals surface area contributed by atoms with Crippen LogP contribution in [0.2, 0.25) is 0 Å². The van der Waals surface area contributed by atoms with Crippen LogP contribution in [0.15, 0.2) is 11.8 Å². The van der Waals surface area contributed by atoms with Crippen molar-refractivity contribution < 1.29 is 19.4 Å². The number of rotatable bonds is 6.